The fraction of sp³-hybridized carbons (Fsp3) is 0.333. The molecule has 0 saturated heterocycles. The summed E-state index contributed by atoms with van der Waals surface area (Å²) in [5.41, 5.74) is 5.67. The molecule has 0 saturated carbocycles. The van der Waals surface area contributed by atoms with Gasteiger partial charge in [0.15, 0.2) is 0 Å². The Labute approximate surface area is 98.3 Å². The summed E-state index contributed by atoms with van der Waals surface area (Å²) in [6, 6.07) is 1.74. The van der Waals surface area contributed by atoms with Gasteiger partial charge in [-0.05, 0) is 18.6 Å². The second-order valence-electron chi connectivity index (χ2n) is 3.21. The Bertz CT molecular complexity index is 397. The van der Waals surface area contributed by atoms with Gasteiger partial charge in [-0.15, -0.1) is 12.4 Å². The molecule has 1 aromatic rings. The van der Waals surface area contributed by atoms with Gasteiger partial charge in [-0.25, -0.2) is 0 Å². The zero-order valence-corrected chi connectivity index (χ0v) is 9.40. The molecule has 0 fully saturated rings. The first kappa shape index (κ1) is 14.6. The Morgan fingerprint density at radius 1 is 1.56 bits per heavy atom. The third-order valence-corrected chi connectivity index (χ3v) is 2.16. The number of aryl methyl sites for hydroxylation is 1. The molecule has 0 aliphatic heterocycles. The Morgan fingerprint density at radius 3 is 2.56 bits per heavy atom. The molecular formula is C9H13ClN2O4. The minimum atomic E-state index is -0.953. The van der Waals surface area contributed by atoms with Gasteiger partial charge in [0.2, 0.25) is 0 Å². The summed E-state index contributed by atoms with van der Waals surface area (Å²) >= 11 is 0. The summed E-state index contributed by atoms with van der Waals surface area (Å²) in [5.74, 6) is -0.231. The van der Waals surface area contributed by atoms with E-state index in [4.69, 9.17) is 10.8 Å². The number of nitrogens with zero attached hydrogens (tertiary/aromatic N) is 1. The van der Waals surface area contributed by atoms with Crippen molar-refractivity contribution < 1.29 is 15.1 Å². The van der Waals surface area contributed by atoms with Gasteiger partial charge in [-0.2, -0.15) is 0 Å². The van der Waals surface area contributed by atoms with E-state index in [1.165, 1.54) is 12.1 Å². The van der Waals surface area contributed by atoms with Crippen LogP contribution >= 0.6 is 12.4 Å². The van der Waals surface area contributed by atoms with Gasteiger partial charge in [-0.1, -0.05) is 0 Å². The van der Waals surface area contributed by atoms with Gasteiger partial charge in [0.05, 0.1) is 23.1 Å². The van der Waals surface area contributed by atoms with E-state index in [-0.39, 0.29) is 29.4 Å². The van der Waals surface area contributed by atoms with Gasteiger partial charge in [-0.3, -0.25) is 10.1 Å². The van der Waals surface area contributed by atoms with E-state index in [0.29, 0.717) is 5.56 Å². The molecule has 7 heteroatoms. The molecule has 90 valence electrons. The van der Waals surface area contributed by atoms with Crippen LogP contribution in [-0.2, 0) is 0 Å². The van der Waals surface area contributed by atoms with Crippen molar-refractivity contribution in [1.82, 2.24) is 0 Å². The molecule has 4 N–H and O–H groups in total. The van der Waals surface area contributed by atoms with Crippen LogP contribution in [0.4, 0.5) is 5.69 Å². The van der Waals surface area contributed by atoms with Gasteiger partial charge in [0, 0.05) is 6.07 Å². The fourth-order valence-corrected chi connectivity index (χ4v) is 1.32. The Balaban J connectivity index is 0.00000225. The predicted octanol–water partition coefficient (Wildman–Crippen LogP) is 1.02. The minimum absolute atomic E-state index is 0. The topological polar surface area (TPSA) is 110 Å². The van der Waals surface area contributed by atoms with E-state index in [1.807, 2.05) is 0 Å². The monoisotopic (exact) mass is 248 g/mol. The Morgan fingerprint density at radius 2 is 2.12 bits per heavy atom. The molecule has 0 radical (unpaired) electrons. The maximum atomic E-state index is 10.7. The van der Waals surface area contributed by atoms with Crippen LogP contribution in [0, 0.1) is 17.0 Å². The van der Waals surface area contributed by atoms with Crippen molar-refractivity contribution in [2.45, 2.75) is 13.0 Å². The number of phenols is 1. The highest BCUT2D eigenvalue weighted by molar-refractivity contribution is 5.85. The van der Waals surface area contributed by atoms with Crippen molar-refractivity contribution >= 4 is 18.1 Å². The van der Waals surface area contributed by atoms with Gasteiger partial charge >= 0.3 is 0 Å². The first-order chi connectivity index (χ1) is 6.99. The Kier molecular flexibility index (Phi) is 5.16. The van der Waals surface area contributed by atoms with E-state index < -0.39 is 17.6 Å². The average Bonchev–Trinajstić information content (AvgIpc) is 2.20. The zero-order chi connectivity index (χ0) is 11.6. The number of nitro groups is 1. The number of aliphatic hydroxyl groups excluding tert-OH is 1. The standard InChI is InChI=1S/C9H12N2O4.ClH/c1-5-2-3-7(11(14)15)8(9(5)13)6(10)4-12;/h2-3,6,12-13H,4,10H2,1H3;1H/t6-;/m0./s1. The van der Waals surface area contributed by atoms with Crippen LogP contribution < -0.4 is 5.73 Å². The van der Waals surface area contributed by atoms with Crippen molar-refractivity contribution in [3.8, 4) is 5.75 Å². The highest BCUT2D eigenvalue weighted by Gasteiger charge is 2.23. The molecular weight excluding hydrogens is 236 g/mol. The summed E-state index contributed by atoms with van der Waals surface area (Å²) < 4.78 is 0. The third kappa shape index (κ3) is 2.60. The summed E-state index contributed by atoms with van der Waals surface area (Å²) in [5, 5.41) is 29.1. The zero-order valence-electron chi connectivity index (χ0n) is 8.58. The number of hydrogen-bond acceptors (Lipinski definition) is 5. The SMILES string of the molecule is Cc1ccc([N+](=O)[O-])c([C@@H](N)CO)c1O.Cl. The molecule has 1 atom stereocenters. The molecule has 0 aliphatic carbocycles. The second kappa shape index (κ2) is 5.64. The molecule has 6 nitrogen and oxygen atoms in total. The summed E-state index contributed by atoms with van der Waals surface area (Å²) in [7, 11) is 0. The van der Waals surface area contributed by atoms with Crippen LogP contribution in [0.2, 0.25) is 0 Å². The van der Waals surface area contributed by atoms with Crippen LogP contribution in [0.5, 0.6) is 5.75 Å². The van der Waals surface area contributed by atoms with E-state index in [9.17, 15) is 15.2 Å². The maximum Gasteiger partial charge on any atom is 0.277 e. The molecule has 0 amide bonds. The number of phenolic OH excluding ortho intramolecular Hbond substituents is 1. The molecule has 0 spiro atoms. The van der Waals surface area contributed by atoms with Crippen molar-refractivity contribution in [1.29, 1.82) is 0 Å². The summed E-state index contributed by atoms with van der Waals surface area (Å²) in [6.45, 7) is 1.14. The highest BCUT2D eigenvalue weighted by Crippen LogP contribution is 2.34. The van der Waals surface area contributed by atoms with Crippen LogP contribution in [0.1, 0.15) is 17.2 Å². The van der Waals surface area contributed by atoms with Crippen molar-refractivity contribution in [2.75, 3.05) is 6.61 Å². The lowest BCUT2D eigenvalue weighted by molar-refractivity contribution is -0.385. The van der Waals surface area contributed by atoms with E-state index in [0.717, 1.165) is 0 Å². The number of nitro benzene ring substituents is 1. The van der Waals surface area contributed by atoms with E-state index in [2.05, 4.69) is 0 Å². The summed E-state index contributed by atoms with van der Waals surface area (Å²) in [4.78, 5) is 10.0. The number of rotatable bonds is 3. The first-order valence-corrected chi connectivity index (χ1v) is 4.32. The van der Waals surface area contributed by atoms with Crippen LogP contribution in [0.3, 0.4) is 0 Å². The lowest BCUT2D eigenvalue weighted by Crippen LogP contribution is -2.16. The smallest absolute Gasteiger partial charge is 0.277 e. The fourth-order valence-electron chi connectivity index (χ4n) is 1.32. The molecule has 1 rings (SSSR count). The number of hydrogen-bond donors (Lipinski definition) is 3. The highest BCUT2D eigenvalue weighted by atomic mass is 35.5. The lowest BCUT2D eigenvalue weighted by atomic mass is 10.0. The number of halogens is 1. The first-order valence-electron chi connectivity index (χ1n) is 4.32. The molecule has 0 heterocycles. The summed E-state index contributed by atoms with van der Waals surface area (Å²) in [6.07, 6.45) is 0. The van der Waals surface area contributed by atoms with E-state index in [1.54, 1.807) is 6.92 Å². The van der Waals surface area contributed by atoms with Gasteiger partial charge in [0.1, 0.15) is 5.75 Å². The van der Waals surface area contributed by atoms with Gasteiger partial charge in [0.25, 0.3) is 5.69 Å². The number of nitrogens with two attached hydrogens (primary N) is 1. The van der Waals surface area contributed by atoms with Crippen LogP contribution in [-0.4, -0.2) is 21.7 Å². The van der Waals surface area contributed by atoms with Crippen molar-refractivity contribution in [3.63, 3.8) is 0 Å². The normalized spacial score (nSPS) is 11.7. The van der Waals surface area contributed by atoms with Crippen molar-refractivity contribution in [3.05, 3.63) is 33.4 Å². The predicted molar refractivity (Wildman–Crippen MR) is 60.8 cm³/mol. The van der Waals surface area contributed by atoms with Gasteiger partial charge < -0.3 is 15.9 Å². The number of aliphatic hydroxyl groups is 1. The molecule has 0 unspecified atom stereocenters. The number of benzene rings is 1. The number of aromatic hydroxyl groups is 1. The lowest BCUT2D eigenvalue weighted by Gasteiger charge is -2.12. The van der Waals surface area contributed by atoms with Crippen molar-refractivity contribution in [2.24, 2.45) is 5.73 Å². The largest absolute Gasteiger partial charge is 0.507 e. The Hall–Kier alpha value is -1.37. The van der Waals surface area contributed by atoms with Crippen LogP contribution in [0.15, 0.2) is 12.1 Å². The molecule has 16 heavy (non-hydrogen) atoms. The van der Waals surface area contributed by atoms with Crippen LogP contribution in [0.25, 0.3) is 0 Å². The molecule has 0 aromatic heterocycles. The average molecular weight is 249 g/mol. The molecule has 0 bridgehead atoms. The second-order valence-corrected chi connectivity index (χ2v) is 3.21. The molecule has 1 aromatic carbocycles. The molecule has 0 aliphatic rings. The quantitative estimate of drug-likeness (QED) is 0.547. The minimum Gasteiger partial charge on any atom is -0.507 e. The van der Waals surface area contributed by atoms with E-state index >= 15 is 0 Å². The maximum absolute atomic E-state index is 10.7. The third-order valence-electron chi connectivity index (χ3n) is 2.16.